The van der Waals surface area contributed by atoms with Gasteiger partial charge < -0.3 is 25.1 Å². The SMILES string of the molecule is [2H]C([2H])([2H])NC(=O)c1cnc(Nc2ccc(C)cn2)cc1Nc1cn(C)c2ccn(CC)c(=O)c12. The summed E-state index contributed by atoms with van der Waals surface area (Å²) in [4.78, 5) is 34.4. The molecule has 9 nitrogen and oxygen atoms in total. The van der Waals surface area contributed by atoms with E-state index in [1.807, 2.05) is 38.3 Å². The van der Waals surface area contributed by atoms with Gasteiger partial charge in [0.05, 0.1) is 27.8 Å². The molecular weight excluding hydrogens is 406 g/mol. The number of hydrogen-bond donors (Lipinski definition) is 3. The summed E-state index contributed by atoms with van der Waals surface area (Å²) in [5.41, 5.74) is 2.28. The Balaban J connectivity index is 1.79. The Hall–Kier alpha value is -4.14. The van der Waals surface area contributed by atoms with Gasteiger partial charge in [0.25, 0.3) is 11.5 Å². The summed E-state index contributed by atoms with van der Waals surface area (Å²) in [5, 5.41) is 8.65. The first-order valence-electron chi connectivity index (χ1n) is 11.5. The molecule has 0 radical (unpaired) electrons. The van der Waals surface area contributed by atoms with Crippen LogP contribution >= 0.6 is 0 Å². The summed E-state index contributed by atoms with van der Waals surface area (Å²) in [6.07, 6.45) is 6.45. The number of aryl methyl sites for hydroxylation is 3. The quantitative estimate of drug-likeness (QED) is 0.430. The first kappa shape index (κ1) is 17.5. The van der Waals surface area contributed by atoms with E-state index in [0.29, 0.717) is 34.8 Å². The highest BCUT2D eigenvalue weighted by Crippen LogP contribution is 2.29. The monoisotopic (exact) mass is 434 g/mol. The van der Waals surface area contributed by atoms with Crippen molar-refractivity contribution in [3.8, 4) is 0 Å². The van der Waals surface area contributed by atoms with E-state index in [1.54, 1.807) is 39.9 Å². The molecule has 4 heterocycles. The van der Waals surface area contributed by atoms with Gasteiger partial charge in [-0.15, -0.1) is 0 Å². The second-order valence-electron chi connectivity index (χ2n) is 7.36. The Kier molecular flexibility index (Phi) is 4.68. The molecule has 0 aromatic carbocycles. The Morgan fingerprint density at radius 2 is 1.94 bits per heavy atom. The van der Waals surface area contributed by atoms with Crippen LogP contribution in [0.3, 0.4) is 0 Å². The number of nitrogens with one attached hydrogen (secondary N) is 3. The van der Waals surface area contributed by atoms with Crippen LogP contribution in [0.25, 0.3) is 10.9 Å². The number of aromatic nitrogens is 4. The molecule has 9 heteroatoms. The minimum atomic E-state index is -2.68. The molecule has 0 fully saturated rings. The molecule has 0 saturated heterocycles. The van der Waals surface area contributed by atoms with Crippen LogP contribution in [0, 0.1) is 6.92 Å². The number of fused-ring (bicyclic) bond motifs is 1. The van der Waals surface area contributed by atoms with Gasteiger partial charge in [-0.2, -0.15) is 0 Å². The van der Waals surface area contributed by atoms with E-state index in [4.69, 9.17) is 4.11 Å². The molecule has 0 unspecified atom stereocenters. The van der Waals surface area contributed by atoms with Crippen molar-refractivity contribution in [3.63, 3.8) is 0 Å². The number of carbonyl (C=O) groups excluding carboxylic acids is 1. The third kappa shape index (κ3) is 3.92. The smallest absolute Gasteiger partial charge is 0.262 e. The molecule has 0 saturated carbocycles. The molecule has 4 aromatic heterocycles. The van der Waals surface area contributed by atoms with Crippen LogP contribution in [-0.4, -0.2) is 32.0 Å². The van der Waals surface area contributed by atoms with Gasteiger partial charge in [-0.05, 0) is 31.5 Å². The number of rotatable bonds is 6. The lowest BCUT2D eigenvalue weighted by Crippen LogP contribution is -2.20. The molecule has 0 atom stereocenters. The maximum Gasteiger partial charge on any atom is 0.262 e. The van der Waals surface area contributed by atoms with Crippen molar-refractivity contribution in [1.82, 2.24) is 24.4 Å². The predicted octanol–water partition coefficient (Wildman–Crippen LogP) is 3.31. The van der Waals surface area contributed by atoms with Gasteiger partial charge in [0.1, 0.15) is 11.6 Å². The zero-order chi connectivity index (χ0) is 25.3. The van der Waals surface area contributed by atoms with Crippen molar-refractivity contribution in [3.05, 3.63) is 70.5 Å². The van der Waals surface area contributed by atoms with E-state index in [0.717, 1.165) is 5.56 Å². The van der Waals surface area contributed by atoms with Crippen LogP contribution in [-0.2, 0) is 13.6 Å². The van der Waals surface area contributed by atoms with Crippen LogP contribution in [0.4, 0.5) is 23.0 Å². The fourth-order valence-corrected chi connectivity index (χ4v) is 3.48. The van der Waals surface area contributed by atoms with Gasteiger partial charge in [0.15, 0.2) is 0 Å². The second-order valence-corrected chi connectivity index (χ2v) is 7.36. The van der Waals surface area contributed by atoms with E-state index < -0.39 is 12.9 Å². The topological polar surface area (TPSA) is 106 Å². The van der Waals surface area contributed by atoms with Gasteiger partial charge in [-0.1, -0.05) is 6.07 Å². The van der Waals surface area contributed by atoms with Crippen molar-refractivity contribution in [2.45, 2.75) is 20.4 Å². The van der Waals surface area contributed by atoms with Crippen LogP contribution in [0.15, 0.2) is 53.8 Å². The molecule has 32 heavy (non-hydrogen) atoms. The number of pyridine rings is 3. The summed E-state index contributed by atoms with van der Waals surface area (Å²) >= 11 is 0. The van der Waals surface area contributed by atoms with Crippen LogP contribution in [0.1, 0.15) is 27.0 Å². The summed E-state index contributed by atoms with van der Waals surface area (Å²) < 4.78 is 25.5. The lowest BCUT2D eigenvalue weighted by molar-refractivity contribution is 0.0963. The van der Waals surface area contributed by atoms with Crippen LogP contribution in [0.5, 0.6) is 0 Å². The Labute approximate surface area is 189 Å². The normalized spacial score (nSPS) is 12.7. The average molecular weight is 435 g/mol. The zero-order valence-electron chi connectivity index (χ0n) is 20.9. The summed E-state index contributed by atoms with van der Waals surface area (Å²) in [5.74, 6) is 0.0939. The third-order valence-electron chi connectivity index (χ3n) is 5.15. The molecule has 164 valence electrons. The standard InChI is InChI=1S/C23H25N7O2/c1-5-30-9-8-18-21(23(30)32)17(13-29(18)4)27-16-10-20(26-12-15(16)22(31)24-3)28-19-7-6-14(2)11-25-19/h6-13H,5H2,1-4H3,(H,24,31)(H2,25,26,27,28)/i3D3. The third-order valence-corrected chi connectivity index (χ3v) is 5.15. The molecule has 3 N–H and O–H groups in total. The summed E-state index contributed by atoms with van der Waals surface area (Å²) in [6.45, 7) is 1.63. The number of anilines is 4. The summed E-state index contributed by atoms with van der Waals surface area (Å²) in [7, 11) is 1.81. The van der Waals surface area contributed by atoms with E-state index in [1.165, 1.54) is 6.20 Å². The minimum absolute atomic E-state index is 0.00675. The van der Waals surface area contributed by atoms with Crippen molar-refractivity contribution in [1.29, 1.82) is 0 Å². The molecule has 0 aliphatic rings. The number of carbonyl (C=O) groups is 1. The van der Waals surface area contributed by atoms with Gasteiger partial charge in [-0.25, -0.2) is 9.97 Å². The molecule has 0 aliphatic heterocycles. The molecule has 1 amide bonds. The lowest BCUT2D eigenvalue weighted by atomic mass is 10.2. The van der Waals surface area contributed by atoms with E-state index >= 15 is 0 Å². The lowest BCUT2D eigenvalue weighted by Gasteiger charge is -2.13. The summed E-state index contributed by atoms with van der Waals surface area (Å²) in [6, 6.07) is 7.09. The Bertz CT molecular complexity index is 1460. The molecule has 4 aromatic rings. The highest BCUT2D eigenvalue weighted by Gasteiger charge is 2.17. The van der Waals surface area contributed by atoms with Crippen molar-refractivity contribution < 1.29 is 8.91 Å². The van der Waals surface area contributed by atoms with E-state index in [2.05, 4.69) is 20.6 Å². The molecule has 4 rings (SSSR count). The van der Waals surface area contributed by atoms with E-state index in [9.17, 15) is 9.59 Å². The largest absolute Gasteiger partial charge is 0.355 e. The average Bonchev–Trinajstić information content (AvgIpc) is 3.10. The highest BCUT2D eigenvalue weighted by molar-refractivity contribution is 6.02. The Morgan fingerprint density at radius 3 is 2.66 bits per heavy atom. The maximum absolute atomic E-state index is 13.0. The minimum Gasteiger partial charge on any atom is -0.355 e. The van der Waals surface area contributed by atoms with Gasteiger partial charge in [0, 0.05) is 55.5 Å². The predicted molar refractivity (Wildman–Crippen MR) is 126 cm³/mol. The first-order chi connectivity index (χ1) is 16.6. The first-order valence-corrected chi connectivity index (χ1v) is 10.0. The van der Waals surface area contributed by atoms with Crippen LogP contribution in [0.2, 0.25) is 0 Å². The molecular formula is C23H25N7O2. The maximum atomic E-state index is 13.0. The van der Waals surface area contributed by atoms with Gasteiger partial charge in [0.2, 0.25) is 0 Å². The highest BCUT2D eigenvalue weighted by atomic mass is 16.1. The van der Waals surface area contributed by atoms with Crippen molar-refractivity contribution in [2.24, 2.45) is 7.05 Å². The van der Waals surface area contributed by atoms with E-state index in [-0.39, 0.29) is 16.8 Å². The fraction of sp³-hybridized carbons (Fsp3) is 0.217. The fourth-order valence-electron chi connectivity index (χ4n) is 3.48. The molecule has 0 bridgehead atoms. The van der Waals surface area contributed by atoms with Gasteiger partial charge in [-0.3, -0.25) is 9.59 Å². The zero-order valence-corrected chi connectivity index (χ0v) is 17.9. The van der Waals surface area contributed by atoms with Crippen molar-refractivity contribution >= 4 is 39.8 Å². The number of hydrogen-bond acceptors (Lipinski definition) is 6. The van der Waals surface area contributed by atoms with Crippen LogP contribution < -0.4 is 21.5 Å². The number of amides is 1. The molecule has 0 spiro atoms. The van der Waals surface area contributed by atoms with Gasteiger partial charge >= 0.3 is 0 Å². The van der Waals surface area contributed by atoms with Crippen molar-refractivity contribution in [2.75, 3.05) is 17.6 Å². The number of nitrogens with zero attached hydrogens (tertiary/aromatic N) is 4. The molecule has 0 aliphatic carbocycles. The second kappa shape index (κ2) is 8.54. The Morgan fingerprint density at radius 1 is 1.12 bits per heavy atom.